The molecule has 1 aromatic carbocycles. The van der Waals surface area contributed by atoms with Gasteiger partial charge < -0.3 is 24.7 Å². The number of thiocarbonyl (C=S) groups is 1. The summed E-state index contributed by atoms with van der Waals surface area (Å²) in [7, 11) is 1.64. The van der Waals surface area contributed by atoms with Crippen LogP contribution in [0, 0.1) is 0 Å². The zero-order chi connectivity index (χ0) is 19.9. The van der Waals surface area contributed by atoms with Gasteiger partial charge in [0.05, 0.1) is 25.2 Å². The van der Waals surface area contributed by atoms with E-state index in [1.807, 2.05) is 17.2 Å². The number of rotatable bonds is 4. The molecule has 0 saturated heterocycles. The van der Waals surface area contributed by atoms with Gasteiger partial charge in [-0.25, -0.2) is 0 Å². The molecule has 0 aromatic heterocycles. The Morgan fingerprint density at radius 3 is 3.18 bits per heavy atom. The first-order valence-electron chi connectivity index (χ1n) is 9.24. The number of aliphatic hydroxyl groups is 1. The number of hydrogen-bond donors (Lipinski definition) is 2. The molecule has 150 valence electrons. The van der Waals surface area contributed by atoms with Gasteiger partial charge in [-0.2, -0.15) is 0 Å². The average molecular weight is 467 g/mol. The zero-order valence-corrected chi connectivity index (χ0v) is 18.0. The summed E-state index contributed by atoms with van der Waals surface area (Å²) in [5, 5.41) is 15.4. The van der Waals surface area contributed by atoms with Gasteiger partial charge in [0.25, 0.3) is 5.17 Å². The van der Waals surface area contributed by atoms with E-state index < -0.39 is 6.10 Å². The fourth-order valence-electron chi connectivity index (χ4n) is 4.32. The summed E-state index contributed by atoms with van der Waals surface area (Å²) in [6.07, 6.45) is 6.39. The monoisotopic (exact) mass is 466 g/mol. The molecule has 1 aromatic rings. The van der Waals surface area contributed by atoms with Gasteiger partial charge >= 0.3 is 0 Å². The molecule has 3 atom stereocenters. The van der Waals surface area contributed by atoms with Gasteiger partial charge in [-0.15, -0.1) is 11.6 Å². The molecular weight excluding hydrogens is 444 g/mol. The molecule has 0 saturated carbocycles. The Balaban J connectivity index is 1.75. The standard InChI is InChI=1S/C20H23BrN2O4S/c1-3-7-22-19(28)27-23-8-6-20-5-4-12(24)9-16(20)26-18-15(25-2)10-14(21)13(11-23)17(18)20/h3-5,10,12,16,24H,1,6-9,11H2,2H3,(H,22,28)/t12-,16-,20-/m0/s1. The van der Waals surface area contributed by atoms with Gasteiger partial charge in [-0.3, -0.25) is 0 Å². The molecule has 0 bridgehead atoms. The van der Waals surface area contributed by atoms with Crippen LogP contribution in [0.3, 0.4) is 0 Å². The Morgan fingerprint density at radius 2 is 2.43 bits per heavy atom. The van der Waals surface area contributed by atoms with E-state index >= 15 is 0 Å². The number of ether oxygens (including phenoxy) is 2. The maximum absolute atomic E-state index is 10.2. The lowest BCUT2D eigenvalue weighted by molar-refractivity contribution is -0.0846. The Bertz CT molecular complexity index is 846. The van der Waals surface area contributed by atoms with E-state index in [1.54, 1.807) is 13.2 Å². The van der Waals surface area contributed by atoms with Gasteiger partial charge in [0.1, 0.15) is 6.10 Å². The predicted octanol–water partition coefficient (Wildman–Crippen LogP) is 2.98. The highest BCUT2D eigenvalue weighted by molar-refractivity contribution is 9.10. The molecule has 28 heavy (non-hydrogen) atoms. The van der Waals surface area contributed by atoms with E-state index in [0.29, 0.717) is 37.0 Å². The quantitative estimate of drug-likeness (QED) is 0.522. The lowest BCUT2D eigenvalue weighted by atomic mass is 9.69. The third kappa shape index (κ3) is 3.22. The zero-order valence-electron chi connectivity index (χ0n) is 15.6. The molecule has 2 heterocycles. The van der Waals surface area contributed by atoms with E-state index in [2.05, 4.69) is 33.9 Å². The van der Waals surface area contributed by atoms with Gasteiger partial charge in [0, 0.05) is 29.5 Å². The summed E-state index contributed by atoms with van der Waals surface area (Å²) in [4.78, 5) is 5.89. The third-order valence-electron chi connectivity index (χ3n) is 5.60. The van der Waals surface area contributed by atoms with Crippen LogP contribution >= 0.6 is 28.1 Å². The van der Waals surface area contributed by atoms with Crippen molar-refractivity contribution in [3.63, 3.8) is 0 Å². The summed E-state index contributed by atoms with van der Waals surface area (Å²) in [5.74, 6) is 1.46. The van der Waals surface area contributed by atoms with Gasteiger partial charge in [0.2, 0.25) is 0 Å². The molecule has 2 N–H and O–H groups in total. The number of aliphatic hydroxyl groups excluding tert-OH is 1. The summed E-state index contributed by atoms with van der Waals surface area (Å²) in [6.45, 7) is 5.45. The predicted molar refractivity (Wildman–Crippen MR) is 113 cm³/mol. The molecule has 6 nitrogen and oxygen atoms in total. The first-order valence-corrected chi connectivity index (χ1v) is 10.4. The second-order valence-corrected chi connectivity index (χ2v) is 8.44. The highest BCUT2D eigenvalue weighted by atomic mass is 79.9. The van der Waals surface area contributed by atoms with Crippen LogP contribution < -0.4 is 14.8 Å². The molecule has 4 rings (SSSR count). The first-order chi connectivity index (χ1) is 13.5. The SMILES string of the molecule is C=CCNC(=S)ON1CC[C@@]23C=C[C@H](O)C[C@@H]2Oc2c(OC)cc(Br)c(c23)C1. The molecule has 0 radical (unpaired) electrons. The second kappa shape index (κ2) is 7.67. The van der Waals surface area contributed by atoms with Crippen LogP contribution in [-0.4, -0.2) is 47.8 Å². The first kappa shape index (κ1) is 19.7. The molecule has 1 spiro atoms. The summed E-state index contributed by atoms with van der Waals surface area (Å²) in [5.41, 5.74) is 1.88. The maximum atomic E-state index is 10.2. The van der Waals surface area contributed by atoms with Crippen LogP contribution in [0.1, 0.15) is 24.0 Å². The van der Waals surface area contributed by atoms with Crippen molar-refractivity contribution < 1.29 is 19.4 Å². The van der Waals surface area contributed by atoms with Crippen molar-refractivity contribution in [3.05, 3.63) is 46.5 Å². The minimum atomic E-state index is -0.505. The molecule has 1 aliphatic carbocycles. The second-order valence-electron chi connectivity index (χ2n) is 7.21. The van der Waals surface area contributed by atoms with E-state index in [-0.39, 0.29) is 11.5 Å². The number of nitrogens with zero attached hydrogens (tertiary/aromatic N) is 1. The average Bonchev–Trinajstić information content (AvgIpc) is 2.91. The summed E-state index contributed by atoms with van der Waals surface area (Å²) >= 11 is 8.99. The van der Waals surface area contributed by atoms with Crippen molar-refractivity contribution in [1.82, 2.24) is 10.4 Å². The van der Waals surface area contributed by atoms with Crippen LogP contribution in [0.25, 0.3) is 0 Å². The minimum absolute atomic E-state index is 0.143. The van der Waals surface area contributed by atoms with Crippen LogP contribution in [0.2, 0.25) is 0 Å². The normalized spacial score (nSPS) is 27.8. The van der Waals surface area contributed by atoms with Crippen molar-refractivity contribution in [2.45, 2.75) is 37.0 Å². The lowest BCUT2D eigenvalue weighted by Crippen LogP contribution is -2.43. The van der Waals surface area contributed by atoms with Crippen LogP contribution in [0.5, 0.6) is 11.5 Å². The number of halogens is 1. The van der Waals surface area contributed by atoms with Crippen LogP contribution in [0.4, 0.5) is 0 Å². The third-order valence-corrected chi connectivity index (χ3v) is 6.53. The topological polar surface area (TPSA) is 63.2 Å². The molecule has 8 heteroatoms. The van der Waals surface area contributed by atoms with Gasteiger partial charge in [-0.1, -0.05) is 34.2 Å². The van der Waals surface area contributed by atoms with Crippen molar-refractivity contribution in [1.29, 1.82) is 0 Å². The van der Waals surface area contributed by atoms with E-state index in [9.17, 15) is 5.11 Å². The fourth-order valence-corrected chi connectivity index (χ4v) is 5.04. The summed E-state index contributed by atoms with van der Waals surface area (Å²) < 4.78 is 12.9. The Morgan fingerprint density at radius 1 is 1.61 bits per heavy atom. The minimum Gasteiger partial charge on any atom is -0.493 e. The fraction of sp³-hybridized carbons (Fsp3) is 0.450. The van der Waals surface area contributed by atoms with E-state index in [1.165, 1.54) is 0 Å². The maximum Gasteiger partial charge on any atom is 0.278 e. The van der Waals surface area contributed by atoms with Crippen molar-refractivity contribution in [2.75, 3.05) is 20.2 Å². The Labute approximate surface area is 178 Å². The van der Waals surface area contributed by atoms with Gasteiger partial charge in [0.15, 0.2) is 11.5 Å². The van der Waals surface area contributed by atoms with Crippen molar-refractivity contribution in [2.24, 2.45) is 0 Å². The highest BCUT2D eigenvalue weighted by Crippen LogP contribution is 2.57. The highest BCUT2D eigenvalue weighted by Gasteiger charge is 2.53. The molecule has 3 aliphatic rings. The van der Waals surface area contributed by atoms with Crippen molar-refractivity contribution in [3.8, 4) is 11.5 Å². The Hall–Kier alpha value is -1.61. The number of benzene rings is 1. The lowest BCUT2D eigenvalue weighted by Gasteiger charge is -2.35. The summed E-state index contributed by atoms with van der Waals surface area (Å²) in [6, 6.07) is 1.93. The van der Waals surface area contributed by atoms with Crippen LogP contribution in [-0.2, 0) is 16.8 Å². The Kier molecular flexibility index (Phi) is 5.39. The number of hydrogen-bond acceptors (Lipinski definition) is 6. The van der Waals surface area contributed by atoms with E-state index in [4.69, 9.17) is 26.5 Å². The molecule has 2 aliphatic heterocycles. The smallest absolute Gasteiger partial charge is 0.278 e. The number of hydroxylamine groups is 2. The molecule has 0 amide bonds. The van der Waals surface area contributed by atoms with Crippen molar-refractivity contribution >= 4 is 33.3 Å². The molecule has 0 unspecified atom stereocenters. The molecular formula is C20H23BrN2O4S. The van der Waals surface area contributed by atoms with Gasteiger partial charge in [-0.05, 0) is 30.3 Å². The largest absolute Gasteiger partial charge is 0.493 e. The molecule has 0 fully saturated rings. The van der Waals surface area contributed by atoms with E-state index in [0.717, 1.165) is 27.8 Å². The number of nitrogens with one attached hydrogen (secondary N) is 1. The number of methoxy groups -OCH3 is 1. The van der Waals surface area contributed by atoms with Crippen LogP contribution in [0.15, 0.2) is 35.3 Å².